The molecule has 1 aromatic heterocycles. The first-order chi connectivity index (χ1) is 9.70. The van der Waals surface area contributed by atoms with Crippen LogP contribution in [0.3, 0.4) is 0 Å². The number of hydrogen-bond donors (Lipinski definition) is 0. The van der Waals surface area contributed by atoms with Crippen LogP contribution in [0.25, 0.3) is 22.2 Å². The van der Waals surface area contributed by atoms with E-state index in [4.69, 9.17) is 9.15 Å². The summed E-state index contributed by atoms with van der Waals surface area (Å²) in [5.41, 5.74) is 0.717. The topological polar surface area (TPSA) is 52.3 Å². The molecular weight excluding hydrogens is 254 g/mol. The molecule has 0 unspecified atom stereocenters. The molecule has 1 heterocycles. The van der Waals surface area contributed by atoms with Crippen molar-refractivity contribution in [3.05, 3.63) is 58.4 Å². The number of methoxy groups -OCH3 is 1. The first kappa shape index (κ1) is 12.4. The van der Waals surface area contributed by atoms with Crippen molar-refractivity contribution in [3.63, 3.8) is 0 Å². The molecule has 0 fully saturated rings. The molecule has 4 nitrogen and oxygen atoms in total. The van der Waals surface area contributed by atoms with Gasteiger partial charge in [-0.15, -0.1) is 0 Å². The van der Waals surface area contributed by atoms with Crippen molar-refractivity contribution in [2.75, 3.05) is 7.11 Å². The smallest absolute Gasteiger partial charge is 0.345 e. The third-order valence-electron chi connectivity index (χ3n) is 3.23. The van der Waals surface area contributed by atoms with Crippen LogP contribution in [-0.4, -0.2) is 12.1 Å². The van der Waals surface area contributed by atoms with Crippen LogP contribution in [0, 0.1) is 6.92 Å². The predicted octanol–water partition coefficient (Wildman–Crippen LogP) is 3.17. The number of nitrogens with zero attached hydrogens (tertiary/aromatic N) is 1. The summed E-state index contributed by atoms with van der Waals surface area (Å²) in [7, 11) is 1.49. The highest BCUT2D eigenvalue weighted by atomic mass is 16.5. The van der Waals surface area contributed by atoms with Crippen LogP contribution in [-0.2, 0) is 0 Å². The van der Waals surface area contributed by atoms with E-state index in [0.717, 1.165) is 16.3 Å². The molecule has 100 valence electrons. The van der Waals surface area contributed by atoms with Crippen LogP contribution in [0.2, 0.25) is 0 Å². The Hall–Kier alpha value is -2.62. The van der Waals surface area contributed by atoms with Crippen LogP contribution in [0.1, 0.15) is 5.56 Å². The summed E-state index contributed by atoms with van der Waals surface area (Å²) >= 11 is 0. The highest BCUT2D eigenvalue weighted by molar-refractivity contribution is 5.94. The third-order valence-corrected chi connectivity index (χ3v) is 3.23. The Balaban J connectivity index is 2.31. The quantitative estimate of drug-likeness (QED) is 0.715. The van der Waals surface area contributed by atoms with E-state index >= 15 is 0 Å². The molecule has 0 saturated carbocycles. The maximum absolute atomic E-state index is 11.8. The van der Waals surface area contributed by atoms with E-state index in [1.54, 1.807) is 6.92 Å². The average Bonchev–Trinajstić information content (AvgIpc) is 2.49. The zero-order chi connectivity index (χ0) is 14.1. The molecule has 0 spiro atoms. The first-order valence-electron chi connectivity index (χ1n) is 6.24. The van der Waals surface area contributed by atoms with Crippen molar-refractivity contribution in [2.24, 2.45) is 0 Å². The van der Waals surface area contributed by atoms with Crippen molar-refractivity contribution in [2.45, 2.75) is 6.92 Å². The number of hydrogen-bond acceptors (Lipinski definition) is 4. The van der Waals surface area contributed by atoms with Gasteiger partial charge in [0.05, 0.1) is 12.7 Å². The Morgan fingerprint density at radius 2 is 1.85 bits per heavy atom. The number of rotatable bonds is 2. The Labute approximate surface area is 115 Å². The summed E-state index contributed by atoms with van der Waals surface area (Å²) in [6, 6.07) is 13.7. The molecule has 4 heteroatoms. The molecule has 3 aromatic rings. The van der Waals surface area contributed by atoms with Gasteiger partial charge in [0.25, 0.3) is 0 Å². The van der Waals surface area contributed by atoms with E-state index < -0.39 is 5.63 Å². The fourth-order valence-corrected chi connectivity index (χ4v) is 2.18. The fourth-order valence-electron chi connectivity index (χ4n) is 2.18. The molecular formula is C16H13NO3. The van der Waals surface area contributed by atoms with E-state index in [2.05, 4.69) is 4.98 Å². The predicted molar refractivity (Wildman–Crippen MR) is 77.0 cm³/mol. The van der Waals surface area contributed by atoms with Gasteiger partial charge in [0.15, 0.2) is 0 Å². The second kappa shape index (κ2) is 4.81. The number of benzene rings is 2. The van der Waals surface area contributed by atoms with Gasteiger partial charge in [0, 0.05) is 5.56 Å². The van der Waals surface area contributed by atoms with Gasteiger partial charge in [-0.1, -0.05) is 36.4 Å². The molecule has 3 rings (SSSR count). The van der Waals surface area contributed by atoms with Crippen LogP contribution < -0.4 is 10.4 Å². The van der Waals surface area contributed by atoms with E-state index in [0.29, 0.717) is 11.4 Å². The monoisotopic (exact) mass is 267 g/mol. The van der Waals surface area contributed by atoms with E-state index in [-0.39, 0.29) is 5.89 Å². The highest BCUT2D eigenvalue weighted by Crippen LogP contribution is 2.28. The Morgan fingerprint density at radius 3 is 2.65 bits per heavy atom. The van der Waals surface area contributed by atoms with Crippen molar-refractivity contribution in [1.29, 1.82) is 0 Å². The van der Waals surface area contributed by atoms with Crippen LogP contribution in [0.15, 0.2) is 51.7 Å². The van der Waals surface area contributed by atoms with Gasteiger partial charge in [0.1, 0.15) is 0 Å². The van der Waals surface area contributed by atoms with Crippen LogP contribution in [0.4, 0.5) is 0 Å². The van der Waals surface area contributed by atoms with Gasteiger partial charge in [0.2, 0.25) is 11.8 Å². The lowest BCUT2D eigenvalue weighted by atomic mass is 10.0. The maximum Gasteiger partial charge on any atom is 0.345 e. The molecule has 0 aliphatic rings. The third kappa shape index (κ3) is 1.95. The largest absolute Gasteiger partial charge is 0.481 e. The molecule has 0 atom stereocenters. The SMILES string of the molecule is COc1nc(-c2cccc3ccccc23)oc(=O)c1C. The maximum atomic E-state index is 11.8. The van der Waals surface area contributed by atoms with Crippen molar-refractivity contribution in [3.8, 4) is 17.3 Å². The number of fused-ring (bicyclic) bond motifs is 1. The molecule has 0 aliphatic carbocycles. The molecule has 20 heavy (non-hydrogen) atoms. The molecule has 0 saturated heterocycles. The summed E-state index contributed by atoms with van der Waals surface area (Å²) < 4.78 is 10.4. The van der Waals surface area contributed by atoms with Gasteiger partial charge >= 0.3 is 5.63 Å². The normalized spacial score (nSPS) is 10.7. The highest BCUT2D eigenvalue weighted by Gasteiger charge is 2.13. The van der Waals surface area contributed by atoms with Crippen LogP contribution >= 0.6 is 0 Å². The average molecular weight is 267 g/mol. The zero-order valence-corrected chi connectivity index (χ0v) is 11.2. The minimum Gasteiger partial charge on any atom is -0.481 e. The lowest BCUT2D eigenvalue weighted by Gasteiger charge is -2.07. The summed E-state index contributed by atoms with van der Waals surface area (Å²) in [6.45, 7) is 1.63. The van der Waals surface area contributed by atoms with E-state index in [1.165, 1.54) is 7.11 Å². The second-order valence-electron chi connectivity index (χ2n) is 4.47. The van der Waals surface area contributed by atoms with Crippen LogP contribution in [0.5, 0.6) is 5.88 Å². The fraction of sp³-hybridized carbons (Fsp3) is 0.125. The summed E-state index contributed by atoms with van der Waals surface area (Å²) in [5, 5.41) is 2.05. The minimum atomic E-state index is -0.431. The molecule has 2 aromatic carbocycles. The second-order valence-corrected chi connectivity index (χ2v) is 4.47. The first-order valence-corrected chi connectivity index (χ1v) is 6.24. The van der Waals surface area contributed by atoms with Crippen molar-refractivity contribution < 1.29 is 9.15 Å². The molecule has 0 N–H and O–H groups in total. The summed E-state index contributed by atoms with van der Waals surface area (Å²) in [4.78, 5) is 16.1. The molecule has 0 aliphatic heterocycles. The van der Waals surface area contributed by atoms with Gasteiger partial charge in [-0.25, -0.2) is 4.79 Å². The Kier molecular flexibility index (Phi) is 2.99. The van der Waals surface area contributed by atoms with E-state index in [1.807, 2.05) is 42.5 Å². The van der Waals surface area contributed by atoms with Gasteiger partial charge in [-0.05, 0) is 23.8 Å². The molecule has 0 bridgehead atoms. The van der Waals surface area contributed by atoms with E-state index in [9.17, 15) is 4.79 Å². The molecule has 0 radical (unpaired) electrons. The Morgan fingerprint density at radius 1 is 1.10 bits per heavy atom. The standard InChI is InChI=1S/C16H13NO3/c1-10-14(19-2)17-15(20-16(10)18)13-9-5-7-11-6-3-4-8-12(11)13/h3-9H,1-2H3. The van der Waals surface area contributed by atoms with Gasteiger partial charge in [-0.2, -0.15) is 4.98 Å². The number of ether oxygens (including phenoxy) is 1. The summed E-state index contributed by atoms with van der Waals surface area (Å²) in [6.07, 6.45) is 0. The van der Waals surface area contributed by atoms with Gasteiger partial charge in [-0.3, -0.25) is 0 Å². The minimum absolute atomic E-state index is 0.272. The van der Waals surface area contributed by atoms with Crippen molar-refractivity contribution >= 4 is 10.8 Å². The number of aromatic nitrogens is 1. The lowest BCUT2D eigenvalue weighted by Crippen LogP contribution is -2.08. The van der Waals surface area contributed by atoms with Crippen molar-refractivity contribution in [1.82, 2.24) is 4.98 Å². The Bertz CT molecular complexity index is 831. The van der Waals surface area contributed by atoms with Gasteiger partial charge < -0.3 is 9.15 Å². The summed E-state index contributed by atoms with van der Waals surface area (Å²) in [5.74, 6) is 0.568. The lowest BCUT2D eigenvalue weighted by molar-refractivity contribution is 0.376. The molecule has 0 amide bonds. The zero-order valence-electron chi connectivity index (χ0n) is 11.2.